The van der Waals surface area contributed by atoms with E-state index < -0.39 is 6.10 Å². The van der Waals surface area contributed by atoms with E-state index in [1.54, 1.807) is 0 Å². The van der Waals surface area contributed by atoms with Gasteiger partial charge in [-0.2, -0.15) is 0 Å². The second-order valence-corrected chi connectivity index (χ2v) is 12.4. The highest BCUT2D eigenvalue weighted by Gasteiger charge is 2.42. The third kappa shape index (κ3) is 9.97. The van der Waals surface area contributed by atoms with Crippen LogP contribution in [0.4, 0.5) is 0 Å². The minimum absolute atomic E-state index is 0.0486. The second kappa shape index (κ2) is 17.7. The summed E-state index contributed by atoms with van der Waals surface area (Å²) in [6.45, 7) is 1.70. The largest absolute Gasteiger partial charge is 0.469 e. The Labute approximate surface area is 289 Å². The molecule has 1 fully saturated rings. The van der Waals surface area contributed by atoms with Crippen LogP contribution in [0, 0.1) is 5.92 Å². The lowest BCUT2D eigenvalue weighted by Gasteiger charge is -2.42. The van der Waals surface area contributed by atoms with E-state index in [0.717, 1.165) is 33.4 Å². The molecular formula is C43H44O6. The van der Waals surface area contributed by atoms with Crippen LogP contribution in [0.3, 0.4) is 0 Å². The zero-order chi connectivity index (χ0) is 33.7. The van der Waals surface area contributed by atoms with E-state index in [4.69, 9.17) is 23.7 Å². The van der Waals surface area contributed by atoms with E-state index in [0.29, 0.717) is 39.3 Å². The van der Waals surface area contributed by atoms with Gasteiger partial charge in [-0.15, -0.1) is 0 Å². The molecule has 6 nitrogen and oxygen atoms in total. The molecule has 5 unspecified atom stereocenters. The zero-order valence-corrected chi connectivity index (χ0v) is 27.9. The Morgan fingerprint density at radius 1 is 0.694 bits per heavy atom. The van der Waals surface area contributed by atoms with E-state index >= 15 is 0 Å². The highest BCUT2D eigenvalue weighted by molar-refractivity contribution is 5.74. The molecule has 0 radical (unpaired) electrons. The smallest absolute Gasteiger partial charge is 0.306 e. The molecule has 3 aliphatic rings. The molecule has 0 aromatic heterocycles. The van der Waals surface area contributed by atoms with Crippen molar-refractivity contribution >= 4 is 5.97 Å². The molecule has 1 saturated heterocycles. The van der Waals surface area contributed by atoms with Crippen LogP contribution in [0.1, 0.15) is 29.5 Å². The van der Waals surface area contributed by atoms with Gasteiger partial charge in [0.25, 0.3) is 0 Å². The number of methoxy groups -OCH3 is 1. The summed E-state index contributed by atoms with van der Waals surface area (Å²) in [7, 11) is 1.43. The Morgan fingerprint density at radius 3 is 1.96 bits per heavy atom. The van der Waals surface area contributed by atoms with Crippen molar-refractivity contribution in [1.29, 1.82) is 0 Å². The normalized spacial score (nSPS) is 23.3. The van der Waals surface area contributed by atoms with Crippen molar-refractivity contribution in [1.82, 2.24) is 0 Å². The van der Waals surface area contributed by atoms with Crippen molar-refractivity contribution in [2.24, 2.45) is 5.92 Å². The van der Waals surface area contributed by atoms with Gasteiger partial charge in [-0.3, -0.25) is 4.79 Å². The maximum absolute atomic E-state index is 12.1. The number of hydrogen-bond donors (Lipinski definition) is 0. The molecule has 0 N–H and O–H groups in total. The number of benzene rings is 3. The van der Waals surface area contributed by atoms with Crippen molar-refractivity contribution in [2.75, 3.05) is 13.7 Å². The van der Waals surface area contributed by atoms with Crippen LogP contribution in [0.25, 0.3) is 0 Å². The summed E-state index contributed by atoms with van der Waals surface area (Å²) in [6.07, 6.45) is 18.0. The van der Waals surface area contributed by atoms with Crippen LogP contribution in [-0.2, 0) is 48.3 Å². The van der Waals surface area contributed by atoms with Crippen molar-refractivity contribution in [3.05, 3.63) is 179 Å². The molecule has 252 valence electrons. The molecule has 6 heteroatoms. The van der Waals surface area contributed by atoms with Crippen LogP contribution in [0.2, 0.25) is 0 Å². The first-order valence-corrected chi connectivity index (χ1v) is 17.0. The van der Waals surface area contributed by atoms with Crippen LogP contribution in [-0.4, -0.2) is 44.1 Å². The molecule has 0 saturated carbocycles. The number of esters is 1. The van der Waals surface area contributed by atoms with Crippen molar-refractivity contribution in [3.8, 4) is 0 Å². The standard InChI is InChI=1S/C43H44O6/c1-45-42(44)26-38-36-23-15-4-2-3-14-22-35(24-25-37(36)38)39-27-40(47-29-33-18-10-6-11-19-33)43(48-30-34-20-12-7-13-21-34)41(49-39)31-46-28-32-16-8-5-9-17-32/h2-25,38-41,43H,26-31H2,1H3. The predicted molar refractivity (Wildman–Crippen MR) is 191 cm³/mol. The fraction of sp³-hybridized carbons (Fsp3) is 0.279. The van der Waals surface area contributed by atoms with Crippen molar-refractivity contribution < 1.29 is 28.5 Å². The fourth-order valence-corrected chi connectivity index (χ4v) is 6.24. The lowest BCUT2D eigenvalue weighted by Crippen LogP contribution is -2.52. The van der Waals surface area contributed by atoms with Crippen molar-refractivity contribution in [3.63, 3.8) is 0 Å². The number of hydrogen-bond acceptors (Lipinski definition) is 6. The maximum atomic E-state index is 12.1. The Hall–Kier alpha value is -4.59. The van der Waals surface area contributed by atoms with Crippen LogP contribution >= 0.6 is 0 Å². The van der Waals surface area contributed by atoms with Gasteiger partial charge in [-0.1, -0.05) is 146 Å². The van der Waals surface area contributed by atoms with Crippen molar-refractivity contribution in [2.45, 2.75) is 57.1 Å². The Balaban J connectivity index is 1.27. The Kier molecular flexibility index (Phi) is 12.4. The third-order valence-electron chi connectivity index (χ3n) is 8.94. The molecule has 49 heavy (non-hydrogen) atoms. The quantitative estimate of drug-likeness (QED) is 0.173. The highest BCUT2D eigenvalue weighted by Crippen LogP contribution is 2.44. The number of carbonyl (C=O) groups excluding carboxylic acids is 1. The Bertz CT molecular complexity index is 1690. The molecule has 0 amide bonds. The van der Waals surface area contributed by atoms with Gasteiger partial charge in [0.2, 0.25) is 0 Å². The minimum atomic E-state index is -0.391. The second-order valence-electron chi connectivity index (χ2n) is 12.4. The van der Waals surface area contributed by atoms with E-state index in [9.17, 15) is 4.79 Å². The Morgan fingerprint density at radius 2 is 1.29 bits per heavy atom. The lowest BCUT2D eigenvalue weighted by molar-refractivity contribution is -0.213. The topological polar surface area (TPSA) is 63.2 Å². The molecule has 3 aromatic rings. The molecule has 6 rings (SSSR count). The first-order chi connectivity index (χ1) is 24.2. The highest BCUT2D eigenvalue weighted by atomic mass is 16.6. The summed E-state index contributed by atoms with van der Waals surface area (Å²) in [5.74, 6) is -0.169. The molecule has 0 spiro atoms. The first-order valence-electron chi connectivity index (χ1n) is 17.0. The van der Waals surface area contributed by atoms with E-state index in [-0.39, 0.29) is 30.2 Å². The van der Waals surface area contributed by atoms with Gasteiger partial charge < -0.3 is 23.7 Å². The summed E-state index contributed by atoms with van der Waals surface area (Å²) in [5, 5.41) is 0. The lowest BCUT2D eigenvalue weighted by atomic mass is 9.92. The number of ether oxygens (including phenoxy) is 5. The number of carbonyl (C=O) groups is 1. The van der Waals surface area contributed by atoms with Gasteiger partial charge >= 0.3 is 5.97 Å². The van der Waals surface area contributed by atoms with Crippen LogP contribution in [0.5, 0.6) is 0 Å². The summed E-state index contributed by atoms with van der Waals surface area (Å²) < 4.78 is 31.6. The molecule has 2 aliphatic carbocycles. The molecule has 0 bridgehead atoms. The first kappa shape index (κ1) is 34.3. The van der Waals surface area contributed by atoms with Gasteiger partial charge in [0, 0.05) is 12.3 Å². The number of allylic oxidation sites excluding steroid dienone is 10. The molecule has 3 aromatic carbocycles. The third-order valence-corrected chi connectivity index (χ3v) is 8.94. The average molecular weight is 657 g/mol. The zero-order valence-electron chi connectivity index (χ0n) is 27.9. The average Bonchev–Trinajstić information content (AvgIpc) is 3.80. The molecule has 5 atom stereocenters. The van der Waals surface area contributed by atoms with Gasteiger partial charge in [0.1, 0.15) is 12.2 Å². The SMILES string of the molecule is COC(=O)CC1C2=C1C=CC(C1CC(OCc3ccccc3)C(OCc3ccccc3)C(COCc3ccccc3)O1)=CC=CC=CC=C2. The van der Waals surface area contributed by atoms with Crippen LogP contribution in [0.15, 0.2) is 162 Å². The van der Waals surface area contributed by atoms with Gasteiger partial charge in [-0.05, 0) is 33.4 Å². The van der Waals surface area contributed by atoms with Gasteiger partial charge in [0.15, 0.2) is 0 Å². The monoisotopic (exact) mass is 656 g/mol. The summed E-state index contributed by atoms with van der Waals surface area (Å²) in [4.78, 5) is 12.1. The molecule has 1 aliphatic heterocycles. The molecule has 1 heterocycles. The fourth-order valence-electron chi connectivity index (χ4n) is 6.24. The maximum Gasteiger partial charge on any atom is 0.306 e. The summed E-state index contributed by atoms with van der Waals surface area (Å²) in [5.41, 5.74) is 6.56. The van der Waals surface area contributed by atoms with E-state index in [1.165, 1.54) is 7.11 Å². The number of rotatable bonds is 13. The summed E-state index contributed by atoms with van der Waals surface area (Å²) in [6, 6.07) is 30.6. The minimum Gasteiger partial charge on any atom is -0.469 e. The van der Waals surface area contributed by atoms with Crippen LogP contribution < -0.4 is 0 Å². The van der Waals surface area contributed by atoms with E-state index in [2.05, 4.69) is 60.7 Å². The molecular weight excluding hydrogens is 612 g/mol. The predicted octanol–water partition coefficient (Wildman–Crippen LogP) is 8.19. The van der Waals surface area contributed by atoms with Gasteiger partial charge in [0.05, 0.1) is 52.2 Å². The summed E-state index contributed by atoms with van der Waals surface area (Å²) >= 11 is 0. The van der Waals surface area contributed by atoms with Gasteiger partial charge in [-0.25, -0.2) is 0 Å². The van der Waals surface area contributed by atoms with E-state index in [1.807, 2.05) is 85.0 Å².